The first-order valence-corrected chi connectivity index (χ1v) is 10.8. The van der Waals surface area contributed by atoms with Crippen LogP contribution in [0.1, 0.15) is 37.5 Å². The number of hydrogen-bond acceptors (Lipinski definition) is 4. The molecule has 0 aromatic heterocycles. The second-order valence-electron chi connectivity index (χ2n) is 8.97. The third kappa shape index (κ3) is 7.06. The molecule has 3 rings (SSSR count). The van der Waals surface area contributed by atoms with Crippen molar-refractivity contribution >= 4 is 6.09 Å². The van der Waals surface area contributed by atoms with Crippen molar-refractivity contribution in [3.8, 4) is 5.75 Å². The molecule has 1 fully saturated rings. The monoisotopic (exact) mass is 410 g/mol. The second-order valence-corrected chi connectivity index (χ2v) is 8.97. The van der Waals surface area contributed by atoms with Gasteiger partial charge in [0.05, 0.1) is 6.61 Å². The molecule has 1 amide bonds. The van der Waals surface area contributed by atoms with Gasteiger partial charge in [-0.2, -0.15) is 0 Å². The molecule has 0 radical (unpaired) electrons. The SMILES string of the molecule is Cc1ccc(CCOc2ccc(CN3CCN(C(=O)OC(C)(C)C)CC3)cc2)cc1. The van der Waals surface area contributed by atoms with Crippen molar-refractivity contribution in [2.75, 3.05) is 32.8 Å². The Morgan fingerprint density at radius 3 is 2.10 bits per heavy atom. The molecule has 0 saturated carbocycles. The molecule has 30 heavy (non-hydrogen) atoms. The van der Waals surface area contributed by atoms with Gasteiger partial charge in [0.1, 0.15) is 11.4 Å². The summed E-state index contributed by atoms with van der Waals surface area (Å²) in [5.41, 5.74) is 3.38. The molecule has 5 heteroatoms. The van der Waals surface area contributed by atoms with Gasteiger partial charge < -0.3 is 14.4 Å². The lowest BCUT2D eigenvalue weighted by Gasteiger charge is -2.35. The highest BCUT2D eigenvalue weighted by Gasteiger charge is 2.25. The molecule has 162 valence electrons. The van der Waals surface area contributed by atoms with Gasteiger partial charge in [0.25, 0.3) is 0 Å². The Bertz CT molecular complexity index is 802. The molecular formula is C25H34N2O3. The van der Waals surface area contributed by atoms with Crippen LogP contribution < -0.4 is 4.74 Å². The third-order valence-corrected chi connectivity index (χ3v) is 5.13. The fourth-order valence-electron chi connectivity index (χ4n) is 3.41. The molecule has 0 N–H and O–H groups in total. The highest BCUT2D eigenvalue weighted by Crippen LogP contribution is 2.16. The molecule has 0 bridgehead atoms. The normalized spacial score (nSPS) is 15.1. The lowest BCUT2D eigenvalue weighted by molar-refractivity contribution is 0.0139. The molecule has 1 heterocycles. The molecule has 2 aromatic rings. The summed E-state index contributed by atoms with van der Waals surface area (Å²) >= 11 is 0. The Hall–Kier alpha value is -2.53. The van der Waals surface area contributed by atoms with Gasteiger partial charge in [-0.1, -0.05) is 42.0 Å². The van der Waals surface area contributed by atoms with Crippen molar-refractivity contribution in [2.45, 2.75) is 46.3 Å². The van der Waals surface area contributed by atoms with Crippen LogP contribution in [0.2, 0.25) is 0 Å². The zero-order valence-corrected chi connectivity index (χ0v) is 18.7. The van der Waals surface area contributed by atoms with Crippen molar-refractivity contribution in [1.82, 2.24) is 9.80 Å². The van der Waals surface area contributed by atoms with E-state index in [9.17, 15) is 4.79 Å². The fourth-order valence-corrected chi connectivity index (χ4v) is 3.41. The maximum absolute atomic E-state index is 12.2. The van der Waals surface area contributed by atoms with Crippen LogP contribution >= 0.6 is 0 Å². The smallest absolute Gasteiger partial charge is 0.410 e. The van der Waals surface area contributed by atoms with E-state index in [0.29, 0.717) is 19.7 Å². The van der Waals surface area contributed by atoms with Gasteiger partial charge in [0, 0.05) is 39.1 Å². The molecule has 2 aromatic carbocycles. The average molecular weight is 411 g/mol. The van der Waals surface area contributed by atoms with Crippen LogP contribution in [0.4, 0.5) is 4.79 Å². The van der Waals surface area contributed by atoms with Gasteiger partial charge >= 0.3 is 6.09 Å². The first-order valence-electron chi connectivity index (χ1n) is 10.8. The average Bonchev–Trinajstić information content (AvgIpc) is 2.70. The van der Waals surface area contributed by atoms with Crippen LogP contribution in [0, 0.1) is 6.92 Å². The number of hydrogen-bond donors (Lipinski definition) is 0. The summed E-state index contributed by atoms with van der Waals surface area (Å²) in [5, 5.41) is 0. The number of rotatable bonds is 6. The first-order chi connectivity index (χ1) is 14.3. The minimum Gasteiger partial charge on any atom is -0.493 e. The lowest BCUT2D eigenvalue weighted by atomic mass is 10.1. The molecular weight excluding hydrogens is 376 g/mol. The van der Waals surface area contributed by atoms with Crippen LogP contribution in [0.5, 0.6) is 5.75 Å². The summed E-state index contributed by atoms with van der Waals surface area (Å²) in [6.07, 6.45) is 0.693. The molecule has 0 atom stereocenters. The van der Waals surface area contributed by atoms with Crippen molar-refractivity contribution in [2.24, 2.45) is 0 Å². The maximum atomic E-state index is 12.2. The summed E-state index contributed by atoms with van der Waals surface area (Å²) in [5.74, 6) is 0.903. The van der Waals surface area contributed by atoms with Crippen molar-refractivity contribution in [3.05, 3.63) is 65.2 Å². The van der Waals surface area contributed by atoms with Crippen LogP contribution in [0.3, 0.4) is 0 Å². The number of ether oxygens (including phenoxy) is 2. The van der Waals surface area contributed by atoms with Crippen LogP contribution in [-0.2, 0) is 17.7 Å². The number of piperazine rings is 1. The third-order valence-electron chi connectivity index (χ3n) is 5.13. The van der Waals surface area contributed by atoms with E-state index < -0.39 is 5.60 Å². The first kappa shape index (κ1) is 22.2. The minimum atomic E-state index is -0.446. The summed E-state index contributed by atoms with van der Waals surface area (Å²) in [4.78, 5) is 16.3. The van der Waals surface area contributed by atoms with E-state index in [0.717, 1.165) is 31.8 Å². The number of nitrogens with zero attached hydrogens (tertiary/aromatic N) is 2. The van der Waals surface area contributed by atoms with Crippen LogP contribution in [-0.4, -0.2) is 54.3 Å². The van der Waals surface area contributed by atoms with Crippen molar-refractivity contribution < 1.29 is 14.3 Å². The molecule has 5 nitrogen and oxygen atoms in total. The van der Waals surface area contributed by atoms with Gasteiger partial charge in [-0.15, -0.1) is 0 Å². The Kier molecular flexibility index (Phi) is 7.38. The van der Waals surface area contributed by atoms with Gasteiger partial charge in [0.2, 0.25) is 0 Å². The molecule has 1 aliphatic rings. The molecule has 1 saturated heterocycles. The van der Waals surface area contributed by atoms with Crippen LogP contribution in [0.15, 0.2) is 48.5 Å². The van der Waals surface area contributed by atoms with Crippen molar-refractivity contribution in [1.29, 1.82) is 0 Å². The summed E-state index contributed by atoms with van der Waals surface area (Å²) in [6, 6.07) is 16.9. The Labute approximate surface area is 180 Å². The van der Waals surface area contributed by atoms with E-state index in [2.05, 4.69) is 48.2 Å². The van der Waals surface area contributed by atoms with E-state index in [4.69, 9.17) is 9.47 Å². The van der Waals surface area contributed by atoms with E-state index in [1.807, 2.05) is 32.9 Å². The quantitative estimate of drug-likeness (QED) is 0.694. The largest absolute Gasteiger partial charge is 0.493 e. The van der Waals surface area contributed by atoms with E-state index in [-0.39, 0.29) is 6.09 Å². The summed E-state index contributed by atoms with van der Waals surface area (Å²) < 4.78 is 11.4. The summed E-state index contributed by atoms with van der Waals surface area (Å²) in [6.45, 7) is 12.5. The van der Waals surface area contributed by atoms with E-state index in [1.54, 1.807) is 4.90 Å². The van der Waals surface area contributed by atoms with Crippen LogP contribution in [0.25, 0.3) is 0 Å². The van der Waals surface area contributed by atoms with Gasteiger partial charge in [0.15, 0.2) is 0 Å². The van der Waals surface area contributed by atoms with Gasteiger partial charge in [-0.3, -0.25) is 4.90 Å². The second kappa shape index (κ2) is 9.98. The lowest BCUT2D eigenvalue weighted by Crippen LogP contribution is -2.49. The highest BCUT2D eigenvalue weighted by atomic mass is 16.6. The van der Waals surface area contributed by atoms with Gasteiger partial charge in [-0.05, 0) is 51.0 Å². The Morgan fingerprint density at radius 1 is 0.900 bits per heavy atom. The summed E-state index contributed by atoms with van der Waals surface area (Å²) in [7, 11) is 0. The number of amides is 1. The molecule has 0 unspecified atom stereocenters. The zero-order chi connectivity index (χ0) is 21.6. The molecule has 0 spiro atoms. The fraction of sp³-hybridized carbons (Fsp3) is 0.480. The standard InChI is InChI=1S/C25H34N2O3/c1-20-5-7-21(8-6-20)13-18-29-23-11-9-22(10-12-23)19-26-14-16-27(17-15-26)24(28)30-25(2,3)4/h5-12H,13-19H2,1-4H3. The van der Waals surface area contributed by atoms with E-state index >= 15 is 0 Å². The Balaban J connectivity index is 1.39. The van der Waals surface area contributed by atoms with Gasteiger partial charge in [-0.25, -0.2) is 4.79 Å². The number of carbonyl (C=O) groups excluding carboxylic acids is 1. The Morgan fingerprint density at radius 2 is 1.50 bits per heavy atom. The topological polar surface area (TPSA) is 42.0 Å². The number of carbonyl (C=O) groups is 1. The van der Waals surface area contributed by atoms with E-state index in [1.165, 1.54) is 16.7 Å². The van der Waals surface area contributed by atoms with Crippen molar-refractivity contribution in [3.63, 3.8) is 0 Å². The number of aryl methyl sites for hydroxylation is 1. The number of benzene rings is 2. The predicted octanol–water partition coefficient (Wildman–Crippen LogP) is 4.67. The maximum Gasteiger partial charge on any atom is 0.410 e. The highest BCUT2D eigenvalue weighted by molar-refractivity contribution is 5.68. The molecule has 0 aliphatic carbocycles. The minimum absolute atomic E-state index is 0.214. The zero-order valence-electron chi connectivity index (χ0n) is 18.7. The predicted molar refractivity (Wildman–Crippen MR) is 120 cm³/mol. The molecule has 1 aliphatic heterocycles.